The molecule has 1 heterocycles. The van der Waals surface area contributed by atoms with Crippen LogP contribution in [0.15, 0.2) is 176 Å². The number of anilines is 2. The number of hydrogen-bond acceptors (Lipinski definition) is 1. The maximum atomic E-state index is 2.41. The quantitative estimate of drug-likeness (QED) is 0.191. The highest BCUT2D eigenvalue weighted by Gasteiger charge is 2.16. The lowest BCUT2D eigenvalue weighted by Crippen LogP contribution is -2.09. The number of benzene rings is 8. The predicted molar refractivity (Wildman–Crippen MR) is 201 cm³/mol. The van der Waals surface area contributed by atoms with Gasteiger partial charge in [-0.05, 0) is 104 Å². The molecule has 2 nitrogen and oxygen atoms in total. The topological polar surface area (TPSA) is 8.17 Å². The molecule has 0 atom stereocenters. The molecule has 1 aromatic heterocycles. The lowest BCUT2D eigenvalue weighted by molar-refractivity contribution is 1.16. The Morgan fingerprint density at radius 3 is 1.40 bits per heavy atom. The third-order valence-corrected chi connectivity index (χ3v) is 9.61. The molecule has 222 valence electrons. The largest absolute Gasteiger partial charge is 0.345 e. The average Bonchev–Trinajstić information content (AvgIpc) is 3.47. The van der Waals surface area contributed by atoms with E-state index in [1.165, 1.54) is 71.3 Å². The van der Waals surface area contributed by atoms with Crippen molar-refractivity contribution >= 4 is 54.7 Å². The summed E-state index contributed by atoms with van der Waals surface area (Å²) in [4.78, 5) is 2.22. The smallest absolute Gasteiger partial charge is 0.0541 e. The summed E-state index contributed by atoms with van der Waals surface area (Å²) in [5.74, 6) is 0. The van der Waals surface area contributed by atoms with Gasteiger partial charge in [0.15, 0.2) is 0 Å². The molecule has 9 aromatic rings. The van der Waals surface area contributed by atoms with Crippen LogP contribution in [0.5, 0.6) is 0 Å². The van der Waals surface area contributed by atoms with Crippen molar-refractivity contribution in [2.45, 2.75) is 0 Å². The lowest BCUT2D eigenvalue weighted by atomic mass is 9.95. The van der Waals surface area contributed by atoms with Crippen molar-refractivity contribution in [3.05, 3.63) is 176 Å². The molecule has 0 bridgehead atoms. The Morgan fingerprint density at radius 2 is 0.851 bits per heavy atom. The van der Waals surface area contributed by atoms with Gasteiger partial charge in [0.1, 0.15) is 0 Å². The van der Waals surface area contributed by atoms with E-state index in [9.17, 15) is 0 Å². The molecule has 0 aliphatic heterocycles. The lowest BCUT2D eigenvalue weighted by Gasteiger charge is -2.20. The van der Waals surface area contributed by atoms with Gasteiger partial charge in [0.2, 0.25) is 0 Å². The summed E-state index contributed by atoms with van der Waals surface area (Å²) in [5.41, 5.74) is 10.8. The van der Waals surface area contributed by atoms with Gasteiger partial charge in [0, 0.05) is 34.9 Å². The van der Waals surface area contributed by atoms with Gasteiger partial charge >= 0.3 is 0 Å². The van der Waals surface area contributed by atoms with Gasteiger partial charge in [-0.15, -0.1) is 0 Å². The summed E-state index contributed by atoms with van der Waals surface area (Å²) in [6, 6.07) is 63.9. The average molecular weight is 601 g/mol. The normalized spacial score (nSPS) is 11.5. The summed E-state index contributed by atoms with van der Waals surface area (Å²) in [7, 11) is 2.12. The number of fused-ring (bicyclic) bond motifs is 5. The van der Waals surface area contributed by atoms with Crippen molar-refractivity contribution in [2.24, 2.45) is 0 Å². The Kier molecular flexibility index (Phi) is 6.39. The zero-order chi connectivity index (χ0) is 31.3. The van der Waals surface area contributed by atoms with Crippen LogP contribution in [-0.4, -0.2) is 11.6 Å². The molecular formula is C45H32N2. The zero-order valence-electron chi connectivity index (χ0n) is 26.1. The molecule has 0 fully saturated rings. The number of hydrogen-bond donors (Lipinski definition) is 0. The second kappa shape index (κ2) is 11.0. The van der Waals surface area contributed by atoms with E-state index in [1.807, 2.05) is 0 Å². The molecule has 0 aliphatic rings. The Labute approximate surface area is 274 Å². The summed E-state index contributed by atoms with van der Waals surface area (Å²) in [6.07, 6.45) is 0. The zero-order valence-corrected chi connectivity index (χ0v) is 26.1. The first-order chi connectivity index (χ1) is 23.2. The Hall–Kier alpha value is -6.12. The monoisotopic (exact) mass is 600 g/mol. The first kappa shape index (κ1) is 27.2. The maximum absolute atomic E-state index is 2.41. The molecule has 0 N–H and O–H groups in total. The summed E-state index contributed by atoms with van der Waals surface area (Å²) in [6.45, 7) is 0. The number of para-hydroxylation sites is 1. The van der Waals surface area contributed by atoms with E-state index < -0.39 is 0 Å². The molecule has 9 rings (SSSR count). The predicted octanol–water partition coefficient (Wildman–Crippen LogP) is 12.2. The highest BCUT2D eigenvalue weighted by atomic mass is 15.1. The summed E-state index contributed by atoms with van der Waals surface area (Å²) in [5, 5.41) is 7.55. The minimum atomic E-state index is 1.14. The highest BCUT2D eigenvalue weighted by Crippen LogP contribution is 2.40. The Morgan fingerprint density at radius 1 is 0.383 bits per heavy atom. The molecule has 0 radical (unpaired) electrons. The summed E-state index contributed by atoms with van der Waals surface area (Å²) < 4.78 is 2.41. The van der Waals surface area contributed by atoms with Crippen LogP contribution in [0.25, 0.3) is 71.3 Å². The third kappa shape index (κ3) is 4.57. The molecule has 47 heavy (non-hydrogen) atoms. The summed E-state index contributed by atoms with van der Waals surface area (Å²) >= 11 is 0. The van der Waals surface area contributed by atoms with E-state index in [-0.39, 0.29) is 0 Å². The van der Waals surface area contributed by atoms with Crippen molar-refractivity contribution in [1.29, 1.82) is 0 Å². The maximum Gasteiger partial charge on any atom is 0.0541 e. The van der Waals surface area contributed by atoms with Gasteiger partial charge in [-0.25, -0.2) is 0 Å². The molecule has 0 amide bonds. The van der Waals surface area contributed by atoms with Crippen LogP contribution in [0.1, 0.15) is 0 Å². The van der Waals surface area contributed by atoms with Gasteiger partial charge in [-0.1, -0.05) is 115 Å². The number of aromatic nitrogens is 1. The van der Waals surface area contributed by atoms with Crippen molar-refractivity contribution in [3.8, 4) is 27.9 Å². The Balaban J connectivity index is 1.26. The van der Waals surface area contributed by atoms with Gasteiger partial charge in [-0.2, -0.15) is 0 Å². The molecular weight excluding hydrogens is 569 g/mol. The highest BCUT2D eigenvalue weighted by molar-refractivity contribution is 6.13. The molecule has 0 unspecified atom stereocenters. The minimum Gasteiger partial charge on any atom is -0.345 e. The fourth-order valence-electron chi connectivity index (χ4n) is 7.22. The molecule has 0 saturated carbocycles. The fraction of sp³-hybridized carbons (Fsp3) is 0.0222. The molecule has 0 aliphatic carbocycles. The van der Waals surface area contributed by atoms with Gasteiger partial charge in [0.25, 0.3) is 0 Å². The first-order valence-corrected chi connectivity index (χ1v) is 16.2. The van der Waals surface area contributed by atoms with E-state index in [0.717, 1.165) is 11.4 Å². The van der Waals surface area contributed by atoms with Crippen LogP contribution < -0.4 is 4.90 Å². The second-order valence-electron chi connectivity index (χ2n) is 12.3. The third-order valence-electron chi connectivity index (χ3n) is 9.61. The van der Waals surface area contributed by atoms with Gasteiger partial charge in [0.05, 0.1) is 11.0 Å². The molecule has 8 aromatic carbocycles. The van der Waals surface area contributed by atoms with E-state index in [4.69, 9.17) is 0 Å². The van der Waals surface area contributed by atoms with E-state index in [0.29, 0.717) is 0 Å². The standard InChI is InChI=1S/C45H32N2/c1-46(35-15-3-2-4-16-35)36-23-25-37(26-24-36)47-44-27-21-33(40-19-9-13-31-11-5-7-17-38(31)40)29-42(44)43-30-34(22-28-45(43)47)41-20-10-14-32-12-6-8-18-39(32)41/h2-30H,1H3. The van der Waals surface area contributed by atoms with Gasteiger partial charge < -0.3 is 9.47 Å². The molecule has 2 heteroatoms. The SMILES string of the molecule is CN(c1ccccc1)c1ccc(-n2c3ccc(-c4cccc5ccccc45)cc3c3cc(-c4cccc5ccccc45)ccc32)cc1. The fourth-order valence-corrected chi connectivity index (χ4v) is 7.22. The first-order valence-electron chi connectivity index (χ1n) is 16.2. The van der Waals surface area contributed by atoms with Crippen LogP contribution in [-0.2, 0) is 0 Å². The van der Waals surface area contributed by atoms with Crippen molar-refractivity contribution in [2.75, 3.05) is 11.9 Å². The van der Waals surface area contributed by atoms with Crippen LogP contribution in [0.3, 0.4) is 0 Å². The second-order valence-corrected chi connectivity index (χ2v) is 12.3. The molecule has 0 spiro atoms. The van der Waals surface area contributed by atoms with Gasteiger partial charge in [-0.3, -0.25) is 0 Å². The van der Waals surface area contributed by atoms with E-state index >= 15 is 0 Å². The van der Waals surface area contributed by atoms with Crippen LogP contribution >= 0.6 is 0 Å². The minimum absolute atomic E-state index is 1.14. The van der Waals surface area contributed by atoms with E-state index in [2.05, 4.69) is 192 Å². The van der Waals surface area contributed by atoms with Crippen LogP contribution in [0.2, 0.25) is 0 Å². The number of nitrogens with zero attached hydrogens (tertiary/aromatic N) is 2. The van der Waals surface area contributed by atoms with Crippen LogP contribution in [0, 0.1) is 0 Å². The van der Waals surface area contributed by atoms with E-state index in [1.54, 1.807) is 0 Å². The van der Waals surface area contributed by atoms with Crippen LogP contribution in [0.4, 0.5) is 11.4 Å². The Bertz CT molecular complexity index is 2430. The van der Waals surface area contributed by atoms with Crippen molar-refractivity contribution in [1.82, 2.24) is 4.57 Å². The molecule has 0 saturated heterocycles. The van der Waals surface area contributed by atoms with Crippen molar-refractivity contribution < 1.29 is 0 Å². The van der Waals surface area contributed by atoms with Crippen molar-refractivity contribution in [3.63, 3.8) is 0 Å². The number of rotatable bonds is 5.